The summed E-state index contributed by atoms with van der Waals surface area (Å²) in [4.78, 5) is 35.5. The number of aliphatic hydroxyl groups is 2. The molecule has 0 aromatic carbocycles. The summed E-state index contributed by atoms with van der Waals surface area (Å²) in [6.45, 7) is 8.36. The maximum atomic E-state index is 12.2. The number of carbonyl (C=O) groups is 3. The summed E-state index contributed by atoms with van der Waals surface area (Å²) in [5.74, 6) is -1.62. The molecule has 0 aromatic rings. The van der Waals surface area contributed by atoms with E-state index < -0.39 is 30.1 Å². The van der Waals surface area contributed by atoms with Crippen molar-refractivity contribution in [2.75, 3.05) is 13.6 Å². The molecule has 0 rings (SSSR count). The second-order valence-corrected chi connectivity index (χ2v) is 6.67. The van der Waals surface area contributed by atoms with Crippen molar-refractivity contribution < 1.29 is 24.6 Å². The first-order valence-electron chi connectivity index (χ1n) is 8.25. The Bertz CT molecular complexity index is 426. The van der Waals surface area contributed by atoms with Gasteiger partial charge in [0.05, 0.1) is 0 Å². The molecule has 0 aliphatic carbocycles. The fourth-order valence-corrected chi connectivity index (χ4v) is 2.00. The van der Waals surface area contributed by atoms with E-state index in [4.69, 9.17) is 0 Å². The fraction of sp³-hybridized carbons (Fsp3) is 0.812. The van der Waals surface area contributed by atoms with E-state index >= 15 is 0 Å². The number of amides is 3. The van der Waals surface area contributed by atoms with Gasteiger partial charge in [-0.15, -0.1) is 0 Å². The van der Waals surface area contributed by atoms with Crippen LogP contribution in [0.2, 0.25) is 0 Å². The lowest BCUT2D eigenvalue weighted by molar-refractivity contribution is -0.147. The molecule has 0 radical (unpaired) electrons. The normalized spacial score (nSPS) is 14.9. The third kappa shape index (κ3) is 8.26. The van der Waals surface area contributed by atoms with Gasteiger partial charge in [0.2, 0.25) is 5.91 Å². The zero-order chi connectivity index (χ0) is 18.9. The highest BCUT2D eigenvalue weighted by Gasteiger charge is 2.32. The zero-order valence-corrected chi connectivity index (χ0v) is 15.1. The van der Waals surface area contributed by atoms with Crippen molar-refractivity contribution in [1.82, 2.24) is 16.0 Å². The van der Waals surface area contributed by atoms with E-state index in [1.54, 1.807) is 0 Å². The van der Waals surface area contributed by atoms with Crippen molar-refractivity contribution in [3.05, 3.63) is 0 Å². The summed E-state index contributed by atoms with van der Waals surface area (Å²) in [6, 6.07) is -0.837. The number of hydrogen-bond acceptors (Lipinski definition) is 5. The summed E-state index contributed by atoms with van der Waals surface area (Å²) in [5, 5.41) is 26.6. The first-order valence-corrected chi connectivity index (χ1v) is 8.25. The molecule has 0 fully saturated rings. The van der Waals surface area contributed by atoms with Crippen molar-refractivity contribution >= 4 is 17.7 Å². The molecule has 3 amide bonds. The Morgan fingerprint density at radius 2 is 1.42 bits per heavy atom. The summed E-state index contributed by atoms with van der Waals surface area (Å²) >= 11 is 0. The van der Waals surface area contributed by atoms with Crippen LogP contribution in [0.1, 0.15) is 40.5 Å². The van der Waals surface area contributed by atoms with E-state index in [0.29, 0.717) is 18.9 Å². The number of likely N-dealkylation sites (N-methyl/N-ethyl adjacent to an activating group) is 1. The van der Waals surface area contributed by atoms with Gasteiger partial charge in [-0.1, -0.05) is 27.7 Å². The number of aliphatic hydroxyl groups excluding tert-OH is 2. The van der Waals surface area contributed by atoms with E-state index in [1.165, 1.54) is 7.05 Å². The lowest BCUT2D eigenvalue weighted by atomic mass is 10.0. The minimum Gasteiger partial charge on any atom is -0.380 e. The zero-order valence-electron chi connectivity index (χ0n) is 15.1. The second-order valence-electron chi connectivity index (χ2n) is 6.67. The number of rotatable bonds is 10. The summed E-state index contributed by atoms with van der Waals surface area (Å²) in [5.41, 5.74) is 0. The lowest BCUT2D eigenvalue weighted by Gasteiger charge is -2.23. The molecule has 140 valence electrons. The van der Waals surface area contributed by atoms with E-state index in [2.05, 4.69) is 16.0 Å². The molecule has 0 aliphatic heterocycles. The van der Waals surface area contributed by atoms with Crippen LogP contribution in [-0.4, -0.2) is 59.8 Å². The highest BCUT2D eigenvalue weighted by molar-refractivity contribution is 5.93. The van der Waals surface area contributed by atoms with Gasteiger partial charge in [0.1, 0.15) is 6.04 Å². The molecule has 0 heterocycles. The standard InChI is InChI=1S/C16H31N3O5/c1-9(2)6-7-18-14(22)11(8-10(3)4)19-16(24)13(21)12(20)15(23)17-5/h9-13,20-21H,6-8H2,1-5H3,(H,17,23)(H,18,22)(H,19,24)/t11-,12-,13-/m0/s1. The van der Waals surface area contributed by atoms with Crippen LogP contribution in [0.3, 0.4) is 0 Å². The lowest BCUT2D eigenvalue weighted by Crippen LogP contribution is -2.54. The van der Waals surface area contributed by atoms with Gasteiger partial charge in [0, 0.05) is 13.6 Å². The topological polar surface area (TPSA) is 128 Å². The molecular weight excluding hydrogens is 314 g/mol. The third-order valence-electron chi connectivity index (χ3n) is 3.44. The molecule has 0 aliphatic rings. The minimum absolute atomic E-state index is 0.132. The van der Waals surface area contributed by atoms with Gasteiger partial charge in [-0.2, -0.15) is 0 Å². The smallest absolute Gasteiger partial charge is 0.252 e. The van der Waals surface area contributed by atoms with Crippen molar-refractivity contribution in [3.63, 3.8) is 0 Å². The Morgan fingerprint density at radius 3 is 1.88 bits per heavy atom. The molecule has 0 aromatic heterocycles. The average molecular weight is 345 g/mol. The Morgan fingerprint density at radius 1 is 0.875 bits per heavy atom. The molecule has 24 heavy (non-hydrogen) atoms. The van der Waals surface area contributed by atoms with Crippen LogP contribution in [0.25, 0.3) is 0 Å². The average Bonchev–Trinajstić information content (AvgIpc) is 2.50. The van der Waals surface area contributed by atoms with E-state index in [-0.39, 0.29) is 11.8 Å². The van der Waals surface area contributed by atoms with Gasteiger partial charge in [-0.3, -0.25) is 14.4 Å². The largest absolute Gasteiger partial charge is 0.380 e. The van der Waals surface area contributed by atoms with Crippen LogP contribution in [0.15, 0.2) is 0 Å². The van der Waals surface area contributed by atoms with Gasteiger partial charge in [0.15, 0.2) is 12.2 Å². The Kier molecular flexibility index (Phi) is 10.2. The highest BCUT2D eigenvalue weighted by atomic mass is 16.3. The first-order chi connectivity index (χ1) is 11.1. The molecule has 5 N–H and O–H groups in total. The van der Waals surface area contributed by atoms with Crippen LogP contribution in [0.4, 0.5) is 0 Å². The molecule has 0 saturated heterocycles. The second kappa shape index (κ2) is 11.0. The highest BCUT2D eigenvalue weighted by Crippen LogP contribution is 2.07. The molecule has 3 atom stereocenters. The summed E-state index contributed by atoms with van der Waals surface area (Å²) in [6.07, 6.45) is -2.64. The molecule has 0 bridgehead atoms. The van der Waals surface area contributed by atoms with Crippen molar-refractivity contribution in [2.24, 2.45) is 11.8 Å². The number of nitrogens with one attached hydrogen (secondary N) is 3. The van der Waals surface area contributed by atoms with Crippen molar-refractivity contribution in [3.8, 4) is 0 Å². The predicted molar refractivity (Wildman–Crippen MR) is 89.9 cm³/mol. The van der Waals surface area contributed by atoms with Crippen LogP contribution in [0, 0.1) is 11.8 Å². The van der Waals surface area contributed by atoms with E-state index in [1.807, 2.05) is 27.7 Å². The number of hydrogen-bond donors (Lipinski definition) is 5. The van der Waals surface area contributed by atoms with Gasteiger partial charge in [-0.05, 0) is 24.7 Å². The van der Waals surface area contributed by atoms with Crippen LogP contribution in [-0.2, 0) is 14.4 Å². The van der Waals surface area contributed by atoms with Gasteiger partial charge in [0.25, 0.3) is 11.8 Å². The van der Waals surface area contributed by atoms with Crippen LogP contribution < -0.4 is 16.0 Å². The maximum absolute atomic E-state index is 12.2. The Hall–Kier alpha value is -1.67. The third-order valence-corrected chi connectivity index (χ3v) is 3.44. The molecule has 8 heteroatoms. The molecular formula is C16H31N3O5. The summed E-state index contributed by atoms with van der Waals surface area (Å²) in [7, 11) is 1.28. The molecule has 8 nitrogen and oxygen atoms in total. The van der Waals surface area contributed by atoms with Gasteiger partial charge in [-0.25, -0.2) is 0 Å². The van der Waals surface area contributed by atoms with Crippen LogP contribution >= 0.6 is 0 Å². The van der Waals surface area contributed by atoms with Crippen molar-refractivity contribution in [1.29, 1.82) is 0 Å². The quantitative estimate of drug-likeness (QED) is 0.352. The fourth-order valence-electron chi connectivity index (χ4n) is 2.00. The minimum atomic E-state index is -1.94. The monoisotopic (exact) mass is 345 g/mol. The molecule has 0 unspecified atom stereocenters. The van der Waals surface area contributed by atoms with Crippen LogP contribution in [0.5, 0.6) is 0 Å². The van der Waals surface area contributed by atoms with Gasteiger partial charge < -0.3 is 26.2 Å². The predicted octanol–water partition coefficient (Wildman–Crippen LogP) is -0.853. The SMILES string of the molecule is CNC(=O)[C@@H](O)[C@H](O)C(=O)N[C@@H](CC(C)C)C(=O)NCCC(C)C. The van der Waals surface area contributed by atoms with Gasteiger partial charge >= 0.3 is 0 Å². The Balaban J connectivity index is 4.78. The first kappa shape index (κ1) is 22.3. The molecule has 0 spiro atoms. The van der Waals surface area contributed by atoms with E-state index in [0.717, 1.165) is 6.42 Å². The summed E-state index contributed by atoms with van der Waals surface area (Å²) < 4.78 is 0. The maximum Gasteiger partial charge on any atom is 0.252 e. The van der Waals surface area contributed by atoms with E-state index in [9.17, 15) is 24.6 Å². The number of carbonyl (C=O) groups excluding carboxylic acids is 3. The molecule has 0 saturated carbocycles. The van der Waals surface area contributed by atoms with Crippen molar-refractivity contribution in [2.45, 2.75) is 58.8 Å². The Labute approximate surface area is 143 Å².